The van der Waals surface area contributed by atoms with Crippen LogP contribution >= 0.6 is 0 Å². The molecule has 1 aromatic rings. The van der Waals surface area contributed by atoms with Crippen LogP contribution in [-0.2, 0) is 6.42 Å². The summed E-state index contributed by atoms with van der Waals surface area (Å²) in [5.41, 5.74) is 2.76. The van der Waals surface area contributed by atoms with Gasteiger partial charge in [-0.1, -0.05) is 165 Å². The first-order valence-electron chi connectivity index (χ1n) is 13.4. The minimum Gasteiger partial charge on any atom is -0.0613 e. The lowest BCUT2D eigenvalue weighted by Gasteiger charge is -2.05. The largest absolute Gasteiger partial charge is 0.0613 e. The van der Waals surface area contributed by atoms with Crippen LogP contribution in [-0.4, -0.2) is 0 Å². The van der Waals surface area contributed by atoms with E-state index in [0.29, 0.717) is 0 Å². The predicted octanol–water partition coefficient (Wildman–Crippen LogP) is 10.4. The maximum absolute atomic E-state index is 2.18. The molecule has 1 aromatic carbocycles. The molecule has 0 aromatic heterocycles. The van der Waals surface area contributed by atoms with Crippen molar-refractivity contribution in [1.82, 2.24) is 0 Å². The van der Waals surface area contributed by atoms with Gasteiger partial charge in [0.2, 0.25) is 0 Å². The van der Waals surface area contributed by atoms with Gasteiger partial charge in [-0.3, -0.25) is 0 Å². The molecule has 0 nitrogen and oxygen atoms in total. The van der Waals surface area contributed by atoms with E-state index in [1.54, 1.807) is 0 Å². The first-order chi connectivity index (χ1) is 14.3. The lowest BCUT2D eigenvalue weighted by molar-refractivity contribution is 0.504. The van der Waals surface area contributed by atoms with Crippen LogP contribution in [0.25, 0.3) is 0 Å². The smallest absolute Gasteiger partial charge is 0.0307 e. The van der Waals surface area contributed by atoms with Crippen molar-refractivity contribution in [2.75, 3.05) is 0 Å². The second-order valence-corrected chi connectivity index (χ2v) is 9.41. The van der Waals surface area contributed by atoms with Gasteiger partial charge in [0.15, 0.2) is 0 Å². The van der Waals surface area contributed by atoms with Crippen LogP contribution in [0.5, 0.6) is 0 Å². The summed E-state index contributed by atoms with van der Waals surface area (Å²) in [4.78, 5) is 0. The molecular weight excluding hydrogens is 348 g/mol. The van der Waals surface area contributed by atoms with E-state index in [9.17, 15) is 0 Å². The van der Waals surface area contributed by atoms with Gasteiger partial charge in [-0.15, -0.1) is 0 Å². The van der Waals surface area contributed by atoms with Crippen LogP contribution in [0.4, 0.5) is 0 Å². The van der Waals surface area contributed by atoms with E-state index >= 15 is 0 Å². The van der Waals surface area contributed by atoms with E-state index in [1.807, 2.05) is 0 Å². The highest BCUT2D eigenvalue weighted by atomic mass is 14.0. The van der Waals surface area contributed by atoms with Crippen molar-refractivity contribution in [2.24, 2.45) is 0 Å². The molecule has 0 N–H and O–H groups in total. The van der Waals surface area contributed by atoms with E-state index < -0.39 is 0 Å². The monoisotopic (exact) mass is 400 g/mol. The zero-order valence-electron chi connectivity index (χ0n) is 20.2. The summed E-state index contributed by atoms with van der Waals surface area (Å²) in [6.07, 6.45) is 31.1. The van der Waals surface area contributed by atoms with Gasteiger partial charge in [0.1, 0.15) is 0 Å². The summed E-state index contributed by atoms with van der Waals surface area (Å²) in [7, 11) is 0. The molecule has 29 heavy (non-hydrogen) atoms. The summed E-state index contributed by atoms with van der Waals surface area (Å²) in [6, 6.07) is 8.66. The SMILES string of the molecule is C1CCCCCCCCCCCCCCCCCCC1.CCc1ccc(C)cc1. The van der Waals surface area contributed by atoms with E-state index in [0.717, 1.165) is 6.42 Å². The highest BCUT2D eigenvalue weighted by Crippen LogP contribution is 2.16. The molecule has 0 bridgehead atoms. The lowest BCUT2D eigenvalue weighted by Crippen LogP contribution is -1.85. The Balaban J connectivity index is 0.000000387. The van der Waals surface area contributed by atoms with Crippen molar-refractivity contribution in [3.63, 3.8) is 0 Å². The van der Waals surface area contributed by atoms with Crippen LogP contribution < -0.4 is 0 Å². The molecule has 168 valence electrons. The third-order valence-electron chi connectivity index (χ3n) is 6.53. The molecule has 0 spiro atoms. The third-order valence-corrected chi connectivity index (χ3v) is 6.53. The van der Waals surface area contributed by atoms with E-state index in [4.69, 9.17) is 0 Å². The van der Waals surface area contributed by atoms with E-state index in [2.05, 4.69) is 38.1 Å². The second kappa shape index (κ2) is 20.5. The molecule has 2 rings (SSSR count). The molecular formula is C29H52. The molecule has 1 aliphatic carbocycles. The number of aryl methyl sites for hydroxylation is 2. The van der Waals surface area contributed by atoms with Gasteiger partial charge in [-0.2, -0.15) is 0 Å². The van der Waals surface area contributed by atoms with Gasteiger partial charge in [-0.05, 0) is 18.9 Å². The summed E-state index contributed by atoms with van der Waals surface area (Å²) in [5.74, 6) is 0. The van der Waals surface area contributed by atoms with Crippen LogP contribution in [0.2, 0.25) is 0 Å². The number of benzene rings is 1. The van der Waals surface area contributed by atoms with Crippen molar-refractivity contribution in [2.45, 2.75) is 149 Å². The Morgan fingerprint density at radius 3 is 0.793 bits per heavy atom. The van der Waals surface area contributed by atoms with Crippen molar-refractivity contribution in [1.29, 1.82) is 0 Å². The van der Waals surface area contributed by atoms with Gasteiger partial charge in [0.05, 0.1) is 0 Å². The highest BCUT2D eigenvalue weighted by molar-refractivity contribution is 5.20. The summed E-state index contributed by atoms with van der Waals surface area (Å²) < 4.78 is 0. The molecule has 0 aliphatic heterocycles. The minimum absolute atomic E-state index is 1.14. The molecule has 1 aliphatic rings. The molecule has 1 fully saturated rings. The van der Waals surface area contributed by atoms with Gasteiger partial charge in [0.25, 0.3) is 0 Å². The third kappa shape index (κ3) is 17.8. The molecule has 0 heteroatoms. The first kappa shape index (κ1) is 26.3. The summed E-state index contributed by atoms with van der Waals surface area (Å²) >= 11 is 0. The minimum atomic E-state index is 1.14. The van der Waals surface area contributed by atoms with Gasteiger partial charge in [0, 0.05) is 0 Å². The fraction of sp³-hybridized carbons (Fsp3) is 0.793. The highest BCUT2D eigenvalue weighted by Gasteiger charge is 1.97. The Kier molecular flexibility index (Phi) is 18.6. The molecule has 0 amide bonds. The quantitative estimate of drug-likeness (QED) is 0.439. The summed E-state index contributed by atoms with van der Waals surface area (Å²) in [6.45, 7) is 4.28. The van der Waals surface area contributed by atoms with Crippen LogP contribution in [0.1, 0.15) is 146 Å². The average molecular weight is 401 g/mol. The zero-order chi connectivity index (χ0) is 20.8. The Labute approximate surface area is 184 Å². The number of rotatable bonds is 1. The van der Waals surface area contributed by atoms with Crippen molar-refractivity contribution >= 4 is 0 Å². The standard InChI is InChI=1S/C20H40.C9H12/c1-2-4-6-8-10-12-14-16-18-20-19-17-15-13-11-9-7-5-3-1;1-3-9-6-4-8(2)5-7-9/h1-20H2;4-7H,3H2,1-2H3. The zero-order valence-corrected chi connectivity index (χ0v) is 20.2. The molecule has 0 heterocycles. The number of hydrogen-bond donors (Lipinski definition) is 0. The van der Waals surface area contributed by atoms with Gasteiger partial charge >= 0.3 is 0 Å². The average Bonchev–Trinajstić information content (AvgIpc) is 2.74. The molecule has 0 atom stereocenters. The molecule has 0 saturated heterocycles. The van der Waals surface area contributed by atoms with Crippen molar-refractivity contribution in [3.05, 3.63) is 35.4 Å². The first-order valence-corrected chi connectivity index (χ1v) is 13.4. The topological polar surface area (TPSA) is 0 Å². The second-order valence-electron chi connectivity index (χ2n) is 9.41. The van der Waals surface area contributed by atoms with Gasteiger partial charge < -0.3 is 0 Å². The molecule has 0 radical (unpaired) electrons. The van der Waals surface area contributed by atoms with Crippen molar-refractivity contribution < 1.29 is 0 Å². The normalized spacial score (nSPS) is 19.5. The fourth-order valence-corrected chi connectivity index (χ4v) is 4.36. The predicted molar refractivity (Wildman–Crippen MR) is 133 cm³/mol. The Bertz CT molecular complexity index is 343. The summed E-state index contributed by atoms with van der Waals surface area (Å²) in [5, 5.41) is 0. The van der Waals surface area contributed by atoms with Crippen LogP contribution in [0, 0.1) is 6.92 Å². The fourth-order valence-electron chi connectivity index (χ4n) is 4.36. The molecule has 0 unspecified atom stereocenters. The van der Waals surface area contributed by atoms with Crippen molar-refractivity contribution in [3.8, 4) is 0 Å². The van der Waals surface area contributed by atoms with Crippen LogP contribution in [0.3, 0.4) is 0 Å². The molecule has 1 saturated carbocycles. The Hall–Kier alpha value is -0.780. The number of hydrogen-bond acceptors (Lipinski definition) is 0. The van der Waals surface area contributed by atoms with E-state index in [-0.39, 0.29) is 0 Å². The van der Waals surface area contributed by atoms with Crippen LogP contribution in [0.15, 0.2) is 24.3 Å². The lowest BCUT2D eigenvalue weighted by atomic mass is 10.0. The van der Waals surface area contributed by atoms with Gasteiger partial charge in [-0.25, -0.2) is 0 Å². The maximum atomic E-state index is 2.18. The van der Waals surface area contributed by atoms with E-state index in [1.165, 1.54) is 140 Å². The Morgan fingerprint density at radius 1 is 0.414 bits per heavy atom. The maximum Gasteiger partial charge on any atom is -0.0307 e. The Morgan fingerprint density at radius 2 is 0.621 bits per heavy atom.